The predicted molar refractivity (Wildman–Crippen MR) is 120 cm³/mol. The molecule has 2 aromatic heterocycles. The third-order valence-corrected chi connectivity index (χ3v) is 5.05. The van der Waals surface area contributed by atoms with Crippen LogP contribution in [0.1, 0.15) is 28.3 Å². The highest BCUT2D eigenvalue weighted by molar-refractivity contribution is 6.29. The van der Waals surface area contributed by atoms with Gasteiger partial charge in [0.2, 0.25) is 0 Å². The molecule has 148 valence electrons. The van der Waals surface area contributed by atoms with Gasteiger partial charge in [-0.25, -0.2) is 4.98 Å². The molecular weight excluding hydrogens is 406 g/mol. The molecule has 4 rings (SSSR count). The van der Waals surface area contributed by atoms with Gasteiger partial charge in [-0.15, -0.1) is 0 Å². The summed E-state index contributed by atoms with van der Waals surface area (Å²) in [5.41, 5.74) is 3.90. The van der Waals surface area contributed by atoms with Crippen LogP contribution in [0.5, 0.6) is 0 Å². The number of halogens is 1. The molecule has 0 amide bonds. The molecule has 0 saturated heterocycles. The fourth-order valence-corrected chi connectivity index (χ4v) is 3.57. The minimum Gasteiger partial charge on any atom is -0.313 e. The first-order valence-corrected chi connectivity index (χ1v) is 9.89. The molecular formula is C25H16ClN5. The van der Waals surface area contributed by atoms with E-state index in [1.807, 2.05) is 53.4 Å². The number of benzene rings is 2. The summed E-state index contributed by atoms with van der Waals surface area (Å²) in [4.78, 5) is 10.9. The van der Waals surface area contributed by atoms with Gasteiger partial charge in [-0.3, -0.25) is 4.98 Å². The molecule has 2 heterocycles. The number of pyridine rings is 2. The van der Waals surface area contributed by atoms with Crippen molar-refractivity contribution in [1.82, 2.24) is 9.97 Å². The van der Waals surface area contributed by atoms with Crippen molar-refractivity contribution in [2.75, 3.05) is 4.90 Å². The highest BCUT2D eigenvalue weighted by atomic mass is 35.5. The van der Waals surface area contributed by atoms with Crippen LogP contribution in [0.3, 0.4) is 0 Å². The Balaban J connectivity index is 1.94. The van der Waals surface area contributed by atoms with Crippen molar-refractivity contribution in [2.45, 2.75) is 6.04 Å². The maximum Gasteiger partial charge on any atom is 0.135 e. The van der Waals surface area contributed by atoms with Gasteiger partial charge in [-0.1, -0.05) is 41.9 Å². The smallest absolute Gasteiger partial charge is 0.135 e. The van der Waals surface area contributed by atoms with Gasteiger partial charge in [0.1, 0.15) is 11.0 Å². The standard InChI is InChI=1S/C25H16ClN5/c26-23-4-1-5-24(30-23)31(22-3-2-14-29-17-22)25(20-10-6-18(15-27)7-11-20)21-12-8-19(16-28)9-13-21/h1-14,17,25H. The predicted octanol–water partition coefficient (Wildman–Crippen LogP) is 5.80. The lowest BCUT2D eigenvalue weighted by Gasteiger charge is -2.33. The second kappa shape index (κ2) is 9.09. The zero-order valence-corrected chi connectivity index (χ0v) is 17.1. The zero-order chi connectivity index (χ0) is 21.6. The molecule has 0 N–H and O–H groups in total. The van der Waals surface area contributed by atoms with Crippen molar-refractivity contribution >= 4 is 23.1 Å². The van der Waals surface area contributed by atoms with E-state index in [4.69, 9.17) is 11.6 Å². The van der Waals surface area contributed by atoms with Gasteiger partial charge in [0.15, 0.2) is 0 Å². The van der Waals surface area contributed by atoms with Crippen LogP contribution in [-0.4, -0.2) is 9.97 Å². The van der Waals surface area contributed by atoms with Gasteiger partial charge >= 0.3 is 0 Å². The molecule has 5 nitrogen and oxygen atoms in total. The Labute approximate surface area is 185 Å². The Kier molecular flexibility index (Phi) is 5.89. The quantitative estimate of drug-likeness (QED) is 0.380. The molecule has 0 atom stereocenters. The summed E-state index contributed by atoms with van der Waals surface area (Å²) in [5, 5.41) is 18.8. The average Bonchev–Trinajstić information content (AvgIpc) is 2.83. The zero-order valence-electron chi connectivity index (χ0n) is 16.4. The minimum atomic E-state index is -0.296. The van der Waals surface area contributed by atoms with Gasteiger partial charge in [0.25, 0.3) is 0 Å². The van der Waals surface area contributed by atoms with Crippen molar-refractivity contribution in [3.8, 4) is 12.1 Å². The van der Waals surface area contributed by atoms with Crippen LogP contribution < -0.4 is 4.90 Å². The lowest BCUT2D eigenvalue weighted by atomic mass is 9.95. The number of rotatable bonds is 5. The number of aromatic nitrogens is 2. The summed E-state index contributed by atoms with van der Waals surface area (Å²) in [6.45, 7) is 0. The van der Waals surface area contributed by atoms with Crippen LogP contribution in [0.4, 0.5) is 11.5 Å². The molecule has 0 aliphatic rings. The van der Waals surface area contributed by atoms with E-state index in [9.17, 15) is 10.5 Å². The number of hydrogen-bond acceptors (Lipinski definition) is 5. The van der Waals surface area contributed by atoms with E-state index in [2.05, 4.69) is 22.1 Å². The molecule has 0 bridgehead atoms. The minimum absolute atomic E-state index is 0.296. The van der Waals surface area contributed by atoms with Crippen molar-refractivity contribution in [3.63, 3.8) is 0 Å². The van der Waals surface area contributed by atoms with E-state index >= 15 is 0 Å². The number of hydrogen-bond donors (Lipinski definition) is 0. The summed E-state index contributed by atoms with van der Waals surface area (Å²) in [7, 11) is 0. The van der Waals surface area contributed by atoms with Crippen LogP contribution in [0.2, 0.25) is 5.15 Å². The van der Waals surface area contributed by atoms with Crippen LogP contribution in [-0.2, 0) is 0 Å². The monoisotopic (exact) mass is 421 g/mol. The number of nitrogens with zero attached hydrogens (tertiary/aromatic N) is 5. The molecule has 0 saturated carbocycles. The van der Waals surface area contributed by atoms with E-state index in [-0.39, 0.29) is 6.04 Å². The molecule has 0 aliphatic heterocycles. The van der Waals surface area contributed by atoms with E-state index in [0.717, 1.165) is 16.8 Å². The largest absolute Gasteiger partial charge is 0.313 e. The van der Waals surface area contributed by atoms with Gasteiger partial charge in [0.05, 0.1) is 41.2 Å². The number of anilines is 2. The highest BCUT2D eigenvalue weighted by Gasteiger charge is 2.26. The second-order valence-electron chi connectivity index (χ2n) is 6.77. The van der Waals surface area contributed by atoms with Gasteiger partial charge < -0.3 is 4.90 Å². The maximum atomic E-state index is 9.21. The van der Waals surface area contributed by atoms with Crippen LogP contribution in [0.15, 0.2) is 91.3 Å². The third-order valence-electron chi connectivity index (χ3n) is 4.84. The van der Waals surface area contributed by atoms with Crippen molar-refractivity contribution < 1.29 is 0 Å². The Hall–Kier alpha value is -4.19. The first kappa shape index (κ1) is 20.1. The SMILES string of the molecule is N#Cc1ccc(C(c2ccc(C#N)cc2)N(c2cccnc2)c2cccc(Cl)n2)cc1. The average molecular weight is 422 g/mol. The lowest BCUT2D eigenvalue weighted by Crippen LogP contribution is -2.26. The van der Waals surface area contributed by atoms with Gasteiger partial charge in [-0.2, -0.15) is 10.5 Å². The fraction of sp³-hybridized carbons (Fsp3) is 0.0400. The molecule has 2 aromatic carbocycles. The second-order valence-corrected chi connectivity index (χ2v) is 7.16. The first-order chi connectivity index (χ1) is 15.2. The van der Waals surface area contributed by atoms with Crippen LogP contribution >= 0.6 is 11.6 Å². The number of nitriles is 2. The summed E-state index contributed by atoms with van der Waals surface area (Å²) in [6.07, 6.45) is 3.48. The Morgan fingerprint density at radius 3 is 1.87 bits per heavy atom. The first-order valence-electron chi connectivity index (χ1n) is 9.51. The Morgan fingerprint density at radius 2 is 1.39 bits per heavy atom. The topological polar surface area (TPSA) is 76.6 Å². The summed E-state index contributed by atoms with van der Waals surface area (Å²) < 4.78 is 0. The molecule has 6 heteroatoms. The highest BCUT2D eigenvalue weighted by Crippen LogP contribution is 2.38. The van der Waals surface area contributed by atoms with Gasteiger partial charge in [-0.05, 0) is 59.7 Å². The molecule has 0 spiro atoms. The summed E-state index contributed by atoms with van der Waals surface area (Å²) >= 11 is 6.23. The molecule has 0 unspecified atom stereocenters. The fourth-order valence-electron chi connectivity index (χ4n) is 3.41. The third kappa shape index (κ3) is 4.38. The normalized spacial score (nSPS) is 10.3. The lowest BCUT2D eigenvalue weighted by molar-refractivity contribution is 0.804. The molecule has 4 aromatic rings. The van der Waals surface area contributed by atoms with E-state index < -0.39 is 0 Å². The molecule has 31 heavy (non-hydrogen) atoms. The van der Waals surface area contributed by atoms with Crippen molar-refractivity contribution in [1.29, 1.82) is 10.5 Å². The van der Waals surface area contributed by atoms with E-state index in [1.165, 1.54) is 0 Å². The molecule has 0 radical (unpaired) electrons. The van der Waals surface area contributed by atoms with Crippen molar-refractivity contribution in [3.05, 3.63) is 119 Å². The summed E-state index contributed by atoms with van der Waals surface area (Å²) in [5.74, 6) is 0.652. The van der Waals surface area contributed by atoms with Crippen LogP contribution in [0.25, 0.3) is 0 Å². The Morgan fingerprint density at radius 1 is 0.774 bits per heavy atom. The van der Waals surface area contributed by atoms with Crippen molar-refractivity contribution in [2.24, 2.45) is 0 Å². The Bertz CT molecular complexity index is 1200. The van der Waals surface area contributed by atoms with Gasteiger partial charge in [0, 0.05) is 6.20 Å². The summed E-state index contributed by atoms with van der Waals surface area (Å²) in [6, 6.07) is 28.2. The maximum absolute atomic E-state index is 9.21. The molecule has 0 fully saturated rings. The van der Waals surface area contributed by atoms with Crippen LogP contribution in [0, 0.1) is 22.7 Å². The van der Waals surface area contributed by atoms with E-state index in [1.54, 1.807) is 42.7 Å². The molecule has 0 aliphatic carbocycles. The van der Waals surface area contributed by atoms with E-state index in [0.29, 0.717) is 22.1 Å².